The minimum atomic E-state index is -0.111. The summed E-state index contributed by atoms with van der Waals surface area (Å²) < 4.78 is 0. The Morgan fingerprint density at radius 3 is 2.67 bits per heavy atom. The van der Waals surface area contributed by atoms with Gasteiger partial charge in [-0.2, -0.15) is 0 Å². The lowest BCUT2D eigenvalue weighted by atomic mass is 10.0. The molecule has 0 saturated heterocycles. The van der Waals surface area contributed by atoms with Crippen molar-refractivity contribution >= 4 is 5.91 Å². The van der Waals surface area contributed by atoms with Crippen LogP contribution in [-0.2, 0) is 11.2 Å². The highest BCUT2D eigenvalue weighted by Crippen LogP contribution is 2.45. The van der Waals surface area contributed by atoms with Crippen LogP contribution in [0.1, 0.15) is 24.0 Å². The number of nitrogens with one attached hydrogen (secondary N) is 2. The summed E-state index contributed by atoms with van der Waals surface area (Å²) in [5, 5.41) is 6.17. The lowest BCUT2D eigenvalue weighted by molar-refractivity contribution is -0.126. The number of amides is 1. The summed E-state index contributed by atoms with van der Waals surface area (Å²) in [7, 11) is 1.90. The molecule has 0 atom stereocenters. The number of carbonyl (C=O) groups is 1. The van der Waals surface area contributed by atoms with Crippen molar-refractivity contribution in [3.8, 4) is 0 Å². The molecule has 0 spiro atoms. The molecule has 0 aliphatic heterocycles. The van der Waals surface area contributed by atoms with Gasteiger partial charge in [-0.1, -0.05) is 24.3 Å². The number of carbonyl (C=O) groups excluding carboxylic acids is 1. The third-order valence-electron chi connectivity index (χ3n) is 3.79. The van der Waals surface area contributed by atoms with Gasteiger partial charge in [0.2, 0.25) is 5.91 Å². The Kier molecular flexibility index (Phi) is 4.02. The third-order valence-corrected chi connectivity index (χ3v) is 3.79. The summed E-state index contributed by atoms with van der Waals surface area (Å²) in [5.41, 5.74) is 2.50. The molecule has 1 aromatic rings. The predicted molar refractivity (Wildman–Crippen MR) is 73.5 cm³/mol. The Bertz CT molecular complexity index is 424. The molecular weight excluding hydrogens is 224 g/mol. The van der Waals surface area contributed by atoms with E-state index in [4.69, 9.17) is 0 Å². The van der Waals surface area contributed by atoms with Crippen molar-refractivity contribution in [3.63, 3.8) is 0 Å². The van der Waals surface area contributed by atoms with Crippen molar-refractivity contribution in [2.75, 3.05) is 20.1 Å². The van der Waals surface area contributed by atoms with Crippen LogP contribution in [-0.4, -0.2) is 26.0 Å². The largest absolute Gasteiger partial charge is 0.355 e. The van der Waals surface area contributed by atoms with E-state index in [1.54, 1.807) is 0 Å². The van der Waals surface area contributed by atoms with Crippen LogP contribution in [0, 0.1) is 12.3 Å². The first-order valence-corrected chi connectivity index (χ1v) is 6.65. The minimum Gasteiger partial charge on any atom is -0.355 e. The van der Waals surface area contributed by atoms with E-state index >= 15 is 0 Å². The maximum atomic E-state index is 12.0. The Morgan fingerprint density at radius 2 is 2.06 bits per heavy atom. The molecule has 2 rings (SSSR count). The van der Waals surface area contributed by atoms with Gasteiger partial charge in [0.05, 0.1) is 5.41 Å². The standard InChI is InChI=1S/C15H22N2O/c1-12-5-3-4-6-13(12)7-10-17-14(18)15(8-9-15)11-16-2/h3-6,16H,7-11H2,1-2H3,(H,17,18). The first-order valence-electron chi connectivity index (χ1n) is 6.65. The quantitative estimate of drug-likeness (QED) is 0.801. The summed E-state index contributed by atoms with van der Waals surface area (Å²) in [4.78, 5) is 12.0. The van der Waals surface area contributed by atoms with Crippen LogP contribution in [0.4, 0.5) is 0 Å². The van der Waals surface area contributed by atoms with Gasteiger partial charge in [-0.3, -0.25) is 4.79 Å². The zero-order valence-corrected chi connectivity index (χ0v) is 11.3. The maximum Gasteiger partial charge on any atom is 0.227 e. The SMILES string of the molecule is CNCC1(C(=O)NCCc2ccccc2C)CC1. The summed E-state index contributed by atoms with van der Waals surface area (Å²) in [5.74, 6) is 0.213. The van der Waals surface area contributed by atoms with Gasteiger partial charge in [-0.05, 0) is 44.4 Å². The molecule has 1 aromatic carbocycles. The van der Waals surface area contributed by atoms with E-state index in [0.29, 0.717) is 0 Å². The molecule has 18 heavy (non-hydrogen) atoms. The number of hydrogen-bond acceptors (Lipinski definition) is 2. The van der Waals surface area contributed by atoms with Crippen molar-refractivity contribution in [2.45, 2.75) is 26.2 Å². The smallest absolute Gasteiger partial charge is 0.227 e. The fraction of sp³-hybridized carbons (Fsp3) is 0.533. The van der Waals surface area contributed by atoms with Gasteiger partial charge in [0.1, 0.15) is 0 Å². The molecule has 3 heteroatoms. The average Bonchev–Trinajstić information content (AvgIpc) is 3.13. The van der Waals surface area contributed by atoms with E-state index < -0.39 is 0 Å². The van der Waals surface area contributed by atoms with E-state index in [-0.39, 0.29) is 11.3 Å². The van der Waals surface area contributed by atoms with E-state index in [9.17, 15) is 4.79 Å². The molecule has 3 nitrogen and oxygen atoms in total. The van der Waals surface area contributed by atoms with Crippen molar-refractivity contribution in [2.24, 2.45) is 5.41 Å². The molecule has 2 N–H and O–H groups in total. The second kappa shape index (κ2) is 5.53. The molecule has 1 aliphatic rings. The van der Waals surface area contributed by atoms with Gasteiger partial charge >= 0.3 is 0 Å². The van der Waals surface area contributed by atoms with Gasteiger partial charge in [-0.15, -0.1) is 0 Å². The average molecular weight is 246 g/mol. The van der Waals surface area contributed by atoms with Crippen LogP contribution in [0.25, 0.3) is 0 Å². The normalized spacial score (nSPS) is 16.3. The minimum absolute atomic E-state index is 0.111. The monoisotopic (exact) mass is 246 g/mol. The van der Waals surface area contributed by atoms with Crippen molar-refractivity contribution < 1.29 is 4.79 Å². The van der Waals surface area contributed by atoms with E-state index in [1.165, 1.54) is 11.1 Å². The van der Waals surface area contributed by atoms with Crippen molar-refractivity contribution in [3.05, 3.63) is 35.4 Å². The fourth-order valence-electron chi connectivity index (χ4n) is 2.36. The first-order chi connectivity index (χ1) is 8.68. The highest BCUT2D eigenvalue weighted by atomic mass is 16.2. The number of benzene rings is 1. The van der Waals surface area contributed by atoms with Gasteiger partial charge in [0.25, 0.3) is 0 Å². The summed E-state index contributed by atoms with van der Waals surface area (Å²) in [6.45, 7) is 3.64. The second-order valence-corrected chi connectivity index (χ2v) is 5.24. The Balaban J connectivity index is 1.79. The molecule has 0 aromatic heterocycles. The molecule has 0 bridgehead atoms. The third kappa shape index (κ3) is 2.91. The molecule has 0 heterocycles. The number of rotatable bonds is 6. The van der Waals surface area contributed by atoms with E-state index in [2.05, 4.69) is 29.7 Å². The van der Waals surface area contributed by atoms with Crippen LogP contribution < -0.4 is 10.6 Å². The van der Waals surface area contributed by atoms with Gasteiger partial charge in [0.15, 0.2) is 0 Å². The molecule has 1 aliphatic carbocycles. The van der Waals surface area contributed by atoms with Crippen LogP contribution in [0.15, 0.2) is 24.3 Å². The van der Waals surface area contributed by atoms with Crippen molar-refractivity contribution in [1.29, 1.82) is 0 Å². The highest BCUT2D eigenvalue weighted by Gasteiger charge is 2.48. The Morgan fingerprint density at radius 1 is 1.33 bits per heavy atom. The molecule has 1 fully saturated rings. The van der Waals surface area contributed by atoms with Gasteiger partial charge in [0, 0.05) is 13.1 Å². The summed E-state index contributed by atoms with van der Waals surface area (Å²) in [6.07, 6.45) is 2.95. The Hall–Kier alpha value is -1.35. The summed E-state index contributed by atoms with van der Waals surface area (Å²) >= 11 is 0. The predicted octanol–water partition coefficient (Wildman–Crippen LogP) is 1.65. The molecule has 1 amide bonds. The van der Waals surface area contributed by atoms with E-state index in [1.807, 2.05) is 19.2 Å². The molecule has 0 unspecified atom stereocenters. The Labute approximate surface area is 109 Å². The molecule has 1 saturated carbocycles. The van der Waals surface area contributed by atoms with Crippen molar-refractivity contribution in [1.82, 2.24) is 10.6 Å². The van der Waals surface area contributed by atoms with Gasteiger partial charge < -0.3 is 10.6 Å². The zero-order chi connectivity index (χ0) is 13.0. The second-order valence-electron chi connectivity index (χ2n) is 5.24. The fourth-order valence-corrected chi connectivity index (χ4v) is 2.36. The summed E-state index contributed by atoms with van der Waals surface area (Å²) in [6, 6.07) is 8.33. The maximum absolute atomic E-state index is 12.0. The van der Waals surface area contributed by atoms with E-state index in [0.717, 1.165) is 32.4 Å². The van der Waals surface area contributed by atoms with Crippen LogP contribution in [0.3, 0.4) is 0 Å². The lowest BCUT2D eigenvalue weighted by Gasteiger charge is -2.15. The number of aryl methyl sites for hydroxylation is 1. The lowest BCUT2D eigenvalue weighted by Crippen LogP contribution is -2.38. The van der Waals surface area contributed by atoms with Crippen LogP contribution in [0.5, 0.6) is 0 Å². The van der Waals surface area contributed by atoms with Crippen LogP contribution >= 0.6 is 0 Å². The number of hydrogen-bond donors (Lipinski definition) is 2. The molecule has 98 valence electrons. The molecule has 0 radical (unpaired) electrons. The molecular formula is C15H22N2O. The topological polar surface area (TPSA) is 41.1 Å². The zero-order valence-electron chi connectivity index (χ0n) is 11.3. The van der Waals surface area contributed by atoms with Crippen LogP contribution in [0.2, 0.25) is 0 Å². The first kappa shape index (κ1) is 13.1. The highest BCUT2D eigenvalue weighted by molar-refractivity contribution is 5.85. The van der Waals surface area contributed by atoms with Gasteiger partial charge in [-0.25, -0.2) is 0 Å².